The van der Waals surface area contributed by atoms with Crippen LogP contribution >= 0.6 is 11.3 Å². The largest absolute Gasteiger partial charge is 0.369 e. The van der Waals surface area contributed by atoms with Crippen molar-refractivity contribution >= 4 is 23.2 Å². The number of thiophene rings is 1. The molecule has 0 bridgehead atoms. The van der Waals surface area contributed by atoms with Gasteiger partial charge in [-0.05, 0) is 37.7 Å². The van der Waals surface area contributed by atoms with E-state index in [1.54, 1.807) is 11.3 Å². The number of nitrogens with zero attached hydrogens (tertiary/aromatic N) is 2. The number of amides is 2. The Morgan fingerprint density at radius 1 is 1.09 bits per heavy atom. The Kier molecular flexibility index (Phi) is 4.78. The monoisotopic (exact) mass is 321 g/mol. The molecule has 1 aliphatic carbocycles. The zero-order chi connectivity index (χ0) is 15.5. The molecule has 0 radical (unpaired) electrons. The lowest BCUT2D eigenvalue weighted by Crippen LogP contribution is -2.38. The highest BCUT2D eigenvalue weighted by Crippen LogP contribution is 2.31. The van der Waals surface area contributed by atoms with Gasteiger partial charge in [-0.25, -0.2) is 0 Å². The van der Waals surface area contributed by atoms with Gasteiger partial charge in [-0.3, -0.25) is 14.5 Å². The van der Waals surface area contributed by atoms with Crippen molar-refractivity contribution in [2.45, 2.75) is 32.1 Å². The van der Waals surface area contributed by atoms with Gasteiger partial charge in [0.25, 0.3) is 5.91 Å². The number of primary amides is 1. The normalized spacial score (nSPS) is 19.5. The number of hydrogen-bond acceptors (Lipinski definition) is 4. The van der Waals surface area contributed by atoms with Crippen LogP contribution in [0.25, 0.3) is 0 Å². The molecule has 3 rings (SSSR count). The third-order valence-corrected chi connectivity index (χ3v) is 5.64. The van der Waals surface area contributed by atoms with Gasteiger partial charge in [0, 0.05) is 36.4 Å². The fourth-order valence-electron chi connectivity index (χ4n) is 3.40. The van der Waals surface area contributed by atoms with Crippen LogP contribution in [0.5, 0.6) is 0 Å². The molecule has 0 aromatic carbocycles. The highest BCUT2D eigenvalue weighted by molar-refractivity contribution is 7.10. The van der Waals surface area contributed by atoms with Gasteiger partial charge >= 0.3 is 0 Å². The van der Waals surface area contributed by atoms with E-state index in [1.165, 1.54) is 23.3 Å². The summed E-state index contributed by atoms with van der Waals surface area (Å²) >= 11 is 1.74. The number of rotatable bonds is 3. The van der Waals surface area contributed by atoms with Crippen molar-refractivity contribution in [3.63, 3.8) is 0 Å². The van der Waals surface area contributed by atoms with Crippen LogP contribution in [0.1, 0.15) is 40.1 Å². The van der Waals surface area contributed by atoms with Crippen molar-refractivity contribution in [2.24, 2.45) is 5.73 Å². The van der Waals surface area contributed by atoms with Crippen LogP contribution < -0.4 is 5.73 Å². The van der Waals surface area contributed by atoms with Crippen LogP contribution in [0.15, 0.2) is 5.38 Å². The first-order valence-electron chi connectivity index (χ1n) is 8.04. The van der Waals surface area contributed by atoms with Gasteiger partial charge in [0.15, 0.2) is 0 Å². The highest BCUT2D eigenvalue weighted by Gasteiger charge is 2.25. The maximum atomic E-state index is 12.8. The molecule has 0 spiro atoms. The topological polar surface area (TPSA) is 66.6 Å². The molecule has 120 valence electrons. The number of carbonyl (C=O) groups excluding carboxylic acids is 2. The van der Waals surface area contributed by atoms with Crippen LogP contribution in [0.4, 0.5) is 0 Å². The van der Waals surface area contributed by atoms with Crippen LogP contribution in [-0.2, 0) is 17.6 Å². The van der Waals surface area contributed by atoms with E-state index in [0.29, 0.717) is 6.54 Å². The van der Waals surface area contributed by atoms with Crippen molar-refractivity contribution in [1.82, 2.24) is 9.80 Å². The fourth-order valence-corrected chi connectivity index (χ4v) is 4.52. The third kappa shape index (κ3) is 3.33. The Hall–Kier alpha value is -1.40. The molecule has 2 heterocycles. The third-order valence-electron chi connectivity index (χ3n) is 4.55. The first-order chi connectivity index (χ1) is 10.6. The van der Waals surface area contributed by atoms with Gasteiger partial charge in [0.1, 0.15) is 0 Å². The summed E-state index contributed by atoms with van der Waals surface area (Å²) in [6.07, 6.45) is 5.50. The minimum absolute atomic E-state index is 0.167. The second kappa shape index (κ2) is 6.79. The molecule has 1 aromatic heterocycles. The summed E-state index contributed by atoms with van der Waals surface area (Å²) in [5, 5.41) is 2.05. The molecule has 0 saturated carbocycles. The van der Waals surface area contributed by atoms with Crippen LogP contribution in [0.2, 0.25) is 0 Å². The number of nitrogens with two attached hydrogens (primary N) is 1. The van der Waals surface area contributed by atoms with Crippen LogP contribution in [-0.4, -0.2) is 54.3 Å². The van der Waals surface area contributed by atoms with E-state index in [1.807, 2.05) is 15.2 Å². The summed E-state index contributed by atoms with van der Waals surface area (Å²) in [6.45, 7) is 3.28. The summed E-state index contributed by atoms with van der Waals surface area (Å²) in [4.78, 5) is 29.3. The molecule has 1 saturated heterocycles. The summed E-state index contributed by atoms with van der Waals surface area (Å²) in [5.74, 6) is -0.132. The second-order valence-corrected chi connectivity index (χ2v) is 7.11. The van der Waals surface area contributed by atoms with Gasteiger partial charge in [-0.1, -0.05) is 0 Å². The molecule has 0 atom stereocenters. The number of aryl methyl sites for hydroxylation is 1. The molecule has 2 amide bonds. The summed E-state index contributed by atoms with van der Waals surface area (Å²) < 4.78 is 0. The van der Waals surface area contributed by atoms with Crippen molar-refractivity contribution in [2.75, 3.05) is 32.7 Å². The number of fused-ring (bicyclic) bond motifs is 1. The van der Waals surface area contributed by atoms with E-state index in [2.05, 4.69) is 0 Å². The van der Waals surface area contributed by atoms with Gasteiger partial charge in [0.2, 0.25) is 5.91 Å². The van der Waals surface area contributed by atoms with E-state index in [4.69, 9.17) is 5.73 Å². The molecule has 1 aromatic rings. The molecule has 22 heavy (non-hydrogen) atoms. The molecule has 1 aliphatic heterocycles. The average Bonchev–Trinajstić information content (AvgIpc) is 2.79. The van der Waals surface area contributed by atoms with E-state index < -0.39 is 0 Å². The summed E-state index contributed by atoms with van der Waals surface area (Å²) in [6, 6.07) is 0. The lowest BCUT2D eigenvalue weighted by atomic mass is 9.95. The zero-order valence-corrected chi connectivity index (χ0v) is 13.7. The van der Waals surface area contributed by atoms with Crippen molar-refractivity contribution in [3.8, 4) is 0 Å². The Labute approximate surface area is 135 Å². The lowest BCUT2D eigenvalue weighted by Gasteiger charge is -2.22. The molecule has 1 fully saturated rings. The maximum Gasteiger partial charge on any atom is 0.255 e. The first-order valence-corrected chi connectivity index (χ1v) is 8.92. The Morgan fingerprint density at radius 3 is 2.73 bits per heavy atom. The lowest BCUT2D eigenvalue weighted by molar-refractivity contribution is -0.119. The smallest absolute Gasteiger partial charge is 0.255 e. The van der Waals surface area contributed by atoms with Crippen molar-refractivity contribution in [1.29, 1.82) is 0 Å². The summed E-state index contributed by atoms with van der Waals surface area (Å²) in [5.41, 5.74) is 7.47. The van der Waals surface area contributed by atoms with Gasteiger partial charge < -0.3 is 10.6 Å². The molecule has 5 nitrogen and oxygen atoms in total. The van der Waals surface area contributed by atoms with E-state index in [-0.39, 0.29) is 18.4 Å². The predicted octanol–water partition coefficient (Wildman–Crippen LogP) is 1.26. The highest BCUT2D eigenvalue weighted by atomic mass is 32.1. The maximum absolute atomic E-state index is 12.8. The Morgan fingerprint density at radius 2 is 1.91 bits per heavy atom. The molecule has 6 heteroatoms. The predicted molar refractivity (Wildman–Crippen MR) is 87.1 cm³/mol. The van der Waals surface area contributed by atoms with Gasteiger partial charge in [-0.2, -0.15) is 0 Å². The quantitative estimate of drug-likeness (QED) is 0.911. The minimum Gasteiger partial charge on any atom is -0.369 e. The number of hydrogen-bond donors (Lipinski definition) is 1. The second-order valence-electron chi connectivity index (χ2n) is 6.15. The van der Waals surface area contributed by atoms with Gasteiger partial charge in [-0.15, -0.1) is 11.3 Å². The van der Waals surface area contributed by atoms with Crippen LogP contribution in [0, 0.1) is 0 Å². The molecule has 2 N–H and O–H groups in total. The molecule has 0 unspecified atom stereocenters. The average molecular weight is 321 g/mol. The summed E-state index contributed by atoms with van der Waals surface area (Å²) in [7, 11) is 0. The first kappa shape index (κ1) is 15.5. The Bertz CT molecular complexity index is 570. The fraction of sp³-hybridized carbons (Fsp3) is 0.625. The van der Waals surface area contributed by atoms with E-state index >= 15 is 0 Å². The molecular weight excluding hydrogens is 298 g/mol. The SMILES string of the molecule is NC(=O)CN1CCCN(C(=O)c2csc3c2CCCC3)CC1. The van der Waals surface area contributed by atoms with Crippen molar-refractivity contribution < 1.29 is 9.59 Å². The van der Waals surface area contributed by atoms with E-state index in [0.717, 1.165) is 44.5 Å². The number of carbonyl (C=O) groups is 2. The zero-order valence-electron chi connectivity index (χ0n) is 12.8. The molecular formula is C16H23N3O2S. The van der Waals surface area contributed by atoms with Gasteiger partial charge in [0.05, 0.1) is 12.1 Å². The van der Waals surface area contributed by atoms with E-state index in [9.17, 15) is 9.59 Å². The Balaban J connectivity index is 1.67. The minimum atomic E-state index is -0.299. The van der Waals surface area contributed by atoms with Crippen molar-refractivity contribution in [3.05, 3.63) is 21.4 Å². The van der Waals surface area contributed by atoms with Crippen LogP contribution in [0.3, 0.4) is 0 Å². The molecule has 2 aliphatic rings. The standard InChI is InChI=1S/C16H23N3O2S/c17-15(20)10-18-6-3-7-19(9-8-18)16(21)13-11-22-14-5-2-1-4-12(13)14/h11H,1-10H2,(H2,17,20).